The molecule has 0 fully saturated rings. The molecule has 0 spiro atoms. The maximum atomic E-state index is 5.89. The van der Waals surface area contributed by atoms with Crippen LogP contribution in [0.5, 0.6) is 0 Å². The number of nitrogens with zero attached hydrogens (tertiary/aromatic N) is 2. The molecule has 0 saturated heterocycles. The van der Waals surface area contributed by atoms with Crippen molar-refractivity contribution in [3.8, 4) is 0 Å². The van der Waals surface area contributed by atoms with Crippen LogP contribution in [0.4, 0.5) is 0 Å². The smallest absolute Gasteiger partial charge is 0.0592 e. The number of nitrogens with one attached hydrogen (secondary N) is 1. The third kappa shape index (κ3) is 4.01. The van der Waals surface area contributed by atoms with Crippen molar-refractivity contribution in [1.29, 1.82) is 0 Å². The molecule has 19 heavy (non-hydrogen) atoms. The fourth-order valence-corrected chi connectivity index (χ4v) is 2.15. The first kappa shape index (κ1) is 14.0. The number of hydrogen-bond donors (Lipinski definition) is 1. The van der Waals surface area contributed by atoms with Crippen molar-refractivity contribution >= 4 is 11.6 Å². The van der Waals surface area contributed by atoms with Crippen LogP contribution in [-0.4, -0.2) is 16.5 Å². The third-order valence-corrected chi connectivity index (χ3v) is 3.30. The molecule has 4 heteroatoms. The third-order valence-electron chi connectivity index (χ3n) is 3.09. The molecule has 0 aromatic carbocycles. The highest BCUT2D eigenvalue weighted by molar-refractivity contribution is 6.30. The summed E-state index contributed by atoms with van der Waals surface area (Å²) in [7, 11) is 0. The molecule has 2 aromatic heterocycles. The zero-order chi connectivity index (χ0) is 13.7. The first-order valence-corrected chi connectivity index (χ1v) is 6.77. The fourth-order valence-electron chi connectivity index (χ4n) is 1.93. The van der Waals surface area contributed by atoms with Crippen LogP contribution in [0.15, 0.2) is 36.7 Å². The lowest BCUT2D eigenvalue weighted by Gasteiger charge is -2.12. The van der Waals surface area contributed by atoms with Crippen LogP contribution >= 0.6 is 11.6 Å². The molecule has 2 heterocycles. The molecule has 0 aliphatic rings. The average Bonchev–Trinajstić information content (AvgIpc) is 2.42. The van der Waals surface area contributed by atoms with Gasteiger partial charge in [-0.05, 0) is 30.7 Å². The number of hydrogen-bond acceptors (Lipinski definition) is 3. The maximum absolute atomic E-state index is 5.89. The summed E-state index contributed by atoms with van der Waals surface area (Å²) in [5.74, 6) is 0.383. The average molecular weight is 276 g/mol. The number of aryl methyl sites for hydroxylation is 1. The van der Waals surface area contributed by atoms with Crippen LogP contribution in [0, 0.1) is 6.92 Å². The molecule has 1 unspecified atom stereocenters. The van der Waals surface area contributed by atoms with Crippen molar-refractivity contribution < 1.29 is 0 Å². The SMILES string of the molecule is Cc1cc(Cl)cnc1CNCC(C)c1ccccn1. The van der Waals surface area contributed by atoms with Gasteiger partial charge < -0.3 is 5.32 Å². The van der Waals surface area contributed by atoms with Gasteiger partial charge in [0, 0.05) is 37.1 Å². The molecule has 3 nitrogen and oxygen atoms in total. The Labute approximate surface area is 119 Å². The second kappa shape index (κ2) is 6.64. The minimum absolute atomic E-state index is 0.383. The first-order valence-electron chi connectivity index (χ1n) is 6.39. The molecule has 0 saturated carbocycles. The van der Waals surface area contributed by atoms with Crippen molar-refractivity contribution in [2.45, 2.75) is 26.3 Å². The summed E-state index contributed by atoms with van der Waals surface area (Å²) in [6, 6.07) is 7.94. The largest absolute Gasteiger partial charge is 0.310 e. The topological polar surface area (TPSA) is 37.8 Å². The van der Waals surface area contributed by atoms with Gasteiger partial charge >= 0.3 is 0 Å². The molecule has 100 valence electrons. The summed E-state index contributed by atoms with van der Waals surface area (Å²) < 4.78 is 0. The summed E-state index contributed by atoms with van der Waals surface area (Å²) in [5, 5.41) is 4.10. The lowest BCUT2D eigenvalue weighted by atomic mass is 10.1. The van der Waals surface area contributed by atoms with E-state index in [2.05, 4.69) is 28.3 Å². The fraction of sp³-hybridized carbons (Fsp3) is 0.333. The predicted molar refractivity (Wildman–Crippen MR) is 78.3 cm³/mol. The predicted octanol–water partition coefficient (Wildman–Crippen LogP) is 3.33. The second-order valence-electron chi connectivity index (χ2n) is 4.70. The normalized spacial score (nSPS) is 12.4. The van der Waals surface area contributed by atoms with E-state index in [1.807, 2.05) is 31.3 Å². The molecule has 0 aliphatic carbocycles. The van der Waals surface area contributed by atoms with Crippen LogP contribution in [-0.2, 0) is 6.54 Å². The molecule has 0 amide bonds. The lowest BCUT2D eigenvalue weighted by molar-refractivity contribution is 0.597. The van der Waals surface area contributed by atoms with E-state index in [4.69, 9.17) is 11.6 Å². The maximum Gasteiger partial charge on any atom is 0.0592 e. The molecule has 0 bridgehead atoms. The van der Waals surface area contributed by atoms with Gasteiger partial charge in [0.25, 0.3) is 0 Å². The highest BCUT2D eigenvalue weighted by Gasteiger charge is 2.06. The highest BCUT2D eigenvalue weighted by Crippen LogP contribution is 2.13. The van der Waals surface area contributed by atoms with E-state index in [9.17, 15) is 0 Å². The van der Waals surface area contributed by atoms with E-state index < -0.39 is 0 Å². The molecule has 2 aromatic rings. The Morgan fingerprint density at radius 2 is 2.16 bits per heavy atom. The second-order valence-corrected chi connectivity index (χ2v) is 5.14. The van der Waals surface area contributed by atoms with Gasteiger partial charge in [-0.25, -0.2) is 0 Å². The van der Waals surface area contributed by atoms with E-state index in [0.717, 1.165) is 30.0 Å². The van der Waals surface area contributed by atoms with E-state index in [0.29, 0.717) is 10.9 Å². The monoisotopic (exact) mass is 275 g/mol. The van der Waals surface area contributed by atoms with Crippen LogP contribution in [0.3, 0.4) is 0 Å². The van der Waals surface area contributed by atoms with Crippen molar-refractivity contribution in [1.82, 2.24) is 15.3 Å². The van der Waals surface area contributed by atoms with Crippen LogP contribution < -0.4 is 5.32 Å². The number of rotatable bonds is 5. The lowest BCUT2D eigenvalue weighted by Crippen LogP contribution is -2.21. The Hall–Kier alpha value is -1.45. The van der Waals surface area contributed by atoms with Gasteiger partial charge in [-0.1, -0.05) is 24.6 Å². The van der Waals surface area contributed by atoms with Crippen molar-refractivity contribution in [2.24, 2.45) is 0 Å². The summed E-state index contributed by atoms with van der Waals surface area (Å²) in [6.45, 7) is 5.82. The van der Waals surface area contributed by atoms with Crippen molar-refractivity contribution in [3.63, 3.8) is 0 Å². The number of aromatic nitrogens is 2. The van der Waals surface area contributed by atoms with Gasteiger partial charge in [0.15, 0.2) is 0 Å². The molecular weight excluding hydrogens is 258 g/mol. The number of halogens is 1. The first-order chi connectivity index (χ1) is 9.16. The zero-order valence-electron chi connectivity index (χ0n) is 11.2. The molecule has 0 aliphatic heterocycles. The molecular formula is C15H18ClN3. The van der Waals surface area contributed by atoms with Gasteiger partial charge in [0.2, 0.25) is 0 Å². The van der Waals surface area contributed by atoms with Crippen LogP contribution in [0.1, 0.15) is 29.8 Å². The molecule has 0 radical (unpaired) electrons. The Kier molecular flexibility index (Phi) is 4.88. The van der Waals surface area contributed by atoms with Crippen molar-refractivity contribution in [3.05, 3.63) is 58.6 Å². The molecule has 1 atom stereocenters. The number of pyridine rings is 2. The Balaban J connectivity index is 1.86. The van der Waals surface area contributed by atoms with Crippen LogP contribution in [0.25, 0.3) is 0 Å². The zero-order valence-corrected chi connectivity index (χ0v) is 12.0. The Bertz CT molecular complexity index is 528. The van der Waals surface area contributed by atoms with Gasteiger partial charge in [-0.3, -0.25) is 9.97 Å². The van der Waals surface area contributed by atoms with Gasteiger partial charge in [0.1, 0.15) is 0 Å². The summed E-state index contributed by atoms with van der Waals surface area (Å²) >= 11 is 5.89. The Morgan fingerprint density at radius 3 is 2.84 bits per heavy atom. The molecule has 1 N–H and O–H groups in total. The van der Waals surface area contributed by atoms with E-state index in [1.165, 1.54) is 0 Å². The van der Waals surface area contributed by atoms with Gasteiger partial charge in [-0.15, -0.1) is 0 Å². The van der Waals surface area contributed by atoms with Gasteiger partial charge in [0.05, 0.1) is 10.7 Å². The summed E-state index contributed by atoms with van der Waals surface area (Å²) in [6.07, 6.45) is 3.52. The van der Waals surface area contributed by atoms with Crippen molar-refractivity contribution in [2.75, 3.05) is 6.54 Å². The minimum atomic E-state index is 0.383. The highest BCUT2D eigenvalue weighted by atomic mass is 35.5. The minimum Gasteiger partial charge on any atom is -0.310 e. The standard InChI is InChI=1S/C15H18ClN3/c1-11-7-13(16)9-19-15(11)10-17-8-12(2)14-5-3-4-6-18-14/h3-7,9,12,17H,8,10H2,1-2H3. The van der Waals surface area contributed by atoms with E-state index >= 15 is 0 Å². The quantitative estimate of drug-likeness (QED) is 0.909. The van der Waals surface area contributed by atoms with E-state index in [1.54, 1.807) is 6.20 Å². The Morgan fingerprint density at radius 1 is 1.32 bits per heavy atom. The summed E-state index contributed by atoms with van der Waals surface area (Å²) in [4.78, 5) is 8.70. The molecule has 2 rings (SSSR count). The van der Waals surface area contributed by atoms with Gasteiger partial charge in [-0.2, -0.15) is 0 Å². The van der Waals surface area contributed by atoms with E-state index in [-0.39, 0.29) is 0 Å². The van der Waals surface area contributed by atoms with Crippen LogP contribution in [0.2, 0.25) is 5.02 Å². The summed E-state index contributed by atoms with van der Waals surface area (Å²) in [5.41, 5.74) is 3.26.